The highest BCUT2D eigenvalue weighted by Crippen LogP contribution is 2.21. The first-order valence-electron chi connectivity index (χ1n) is 6.75. The number of carbonyl (C=O) groups excluding carboxylic acids is 1. The Morgan fingerprint density at radius 1 is 1.38 bits per heavy atom. The number of ketones is 1. The lowest BCUT2D eigenvalue weighted by Gasteiger charge is -2.03. The monoisotopic (exact) mass is 285 g/mol. The number of carbonyl (C=O) groups is 1. The molecule has 0 spiro atoms. The van der Waals surface area contributed by atoms with Crippen molar-refractivity contribution in [2.75, 3.05) is 0 Å². The van der Waals surface area contributed by atoms with Gasteiger partial charge in [-0.25, -0.2) is 4.98 Å². The number of imidazole rings is 1. The van der Waals surface area contributed by atoms with Gasteiger partial charge < -0.3 is 13.5 Å². The zero-order valence-corrected chi connectivity index (χ0v) is 11.7. The number of aryl methyl sites for hydroxylation is 2. The molecule has 3 aromatic heterocycles. The Morgan fingerprint density at radius 2 is 2.29 bits per heavy atom. The number of nitrogens with zero attached hydrogens (tertiary/aromatic N) is 3. The van der Waals surface area contributed by atoms with Gasteiger partial charge in [0, 0.05) is 31.4 Å². The molecule has 3 aromatic rings. The molecule has 6 heteroatoms. The van der Waals surface area contributed by atoms with Crippen LogP contribution < -0.4 is 0 Å². The Labute approximate surface area is 121 Å². The third-order valence-corrected chi connectivity index (χ3v) is 3.29. The molecule has 3 rings (SSSR count). The molecule has 0 unspecified atom stereocenters. The van der Waals surface area contributed by atoms with Crippen molar-refractivity contribution < 1.29 is 13.7 Å². The summed E-state index contributed by atoms with van der Waals surface area (Å²) in [5.41, 5.74) is 0.337. The van der Waals surface area contributed by atoms with E-state index < -0.39 is 0 Å². The quantitative estimate of drug-likeness (QED) is 0.650. The van der Waals surface area contributed by atoms with Crippen molar-refractivity contribution in [1.82, 2.24) is 14.7 Å². The van der Waals surface area contributed by atoms with Gasteiger partial charge in [0.15, 0.2) is 11.5 Å². The highest BCUT2D eigenvalue weighted by molar-refractivity contribution is 5.94. The Bertz CT molecular complexity index is 725. The smallest absolute Gasteiger partial charge is 0.202 e. The average Bonchev–Trinajstić information content (AvgIpc) is 3.19. The standard InChI is InChI=1S/C15H15N3O3/c1-11-16-6-8-18(11)7-2-4-13(19)12-10-15(21-17-12)14-5-3-9-20-14/h3,5-6,8-10H,2,4,7H2,1H3. The average molecular weight is 285 g/mol. The first-order valence-corrected chi connectivity index (χ1v) is 6.75. The molecule has 0 N–H and O–H groups in total. The summed E-state index contributed by atoms with van der Waals surface area (Å²) in [5.74, 6) is 1.95. The SMILES string of the molecule is Cc1nccn1CCCC(=O)c1cc(-c2ccco2)on1. The third-order valence-electron chi connectivity index (χ3n) is 3.29. The number of hydrogen-bond acceptors (Lipinski definition) is 5. The fourth-order valence-electron chi connectivity index (χ4n) is 2.12. The molecule has 0 aromatic carbocycles. The molecule has 0 saturated carbocycles. The third kappa shape index (κ3) is 2.94. The van der Waals surface area contributed by atoms with Crippen LogP contribution in [0.2, 0.25) is 0 Å². The molecule has 0 aliphatic rings. The molecule has 0 aliphatic carbocycles. The summed E-state index contributed by atoms with van der Waals surface area (Å²) in [7, 11) is 0. The van der Waals surface area contributed by atoms with Gasteiger partial charge in [-0.3, -0.25) is 4.79 Å². The van der Waals surface area contributed by atoms with E-state index in [1.165, 1.54) is 0 Å². The van der Waals surface area contributed by atoms with E-state index in [4.69, 9.17) is 8.94 Å². The van der Waals surface area contributed by atoms with Crippen molar-refractivity contribution in [1.29, 1.82) is 0 Å². The summed E-state index contributed by atoms with van der Waals surface area (Å²) >= 11 is 0. The van der Waals surface area contributed by atoms with Crippen molar-refractivity contribution >= 4 is 5.78 Å². The van der Waals surface area contributed by atoms with Crippen LogP contribution in [0.5, 0.6) is 0 Å². The molecule has 0 atom stereocenters. The van der Waals surface area contributed by atoms with Gasteiger partial charge >= 0.3 is 0 Å². The van der Waals surface area contributed by atoms with Gasteiger partial charge in [-0.1, -0.05) is 5.16 Å². The zero-order chi connectivity index (χ0) is 14.7. The van der Waals surface area contributed by atoms with Crippen LogP contribution in [0.25, 0.3) is 11.5 Å². The second-order valence-electron chi connectivity index (χ2n) is 4.75. The van der Waals surface area contributed by atoms with Crippen molar-refractivity contribution in [2.45, 2.75) is 26.3 Å². The number of furan rings is 1. The van der Waals surface area contributed by atoms with E-state index in [1.807, 2.05) is 17.7 Å². The highest BCUT2D eigenvalue weighted by atomic mass is 16.5. The maximum Gasteiger partial charge on any atom is 0.202 e. The van der Waals surface area contributed by atoms with E-state index in [0.717, 1.165) is 18.8 Å². The predicted octanol–water partition coefficient (Wildman–Crippen LogP) is 3.10. The summed E-state index contributed by atoms with van der Waals surface area (Å²) in [6.45, 7) is 2.70. The molecule has 0 amide bonds. The van der Waals surface area contributed by atoms with Crippen LogP contribution in [0.15, 0.2) is 45.8 Å². The summed E-state index contributed by atoms with van der Waals surface area (Å²) in [6, 6.07) is 5.13. The van der Waals surface area contributed by atoms with E-state index >= 15 is 0 Å². The second-order valence-corrected chi connectivity index (χ2v) is 4.75. The van der Waals surface area contributed by atoms with Crippen molar-refractivity contribution in [3.63, 3.8) is 0 Å². The van der Waals surface area contributed by atoms with Crippen molar-refractivity contribution in [3.05, 3.63) is 48.4 Å². The number of hydrogen-bond donors (Lipinski definition) is 0. The first kappa shape index (κ1) is 13.4. The highest BCUT2D eigenvalue weighted by Gasteiger charge is 2.14. The lowest BCUT2D eigenvalue weighted by Crippen LogP contribution is -2.04. The fourth-order valence-corrected chi connectivity index (χ4v) is 2.12. The van der Waals surface area contributed by atoms with Crippen LogP contribution in [0.1, 0.15) is 29.2 Å². The normalized spacial score (nSPS) is 10.9. The Hall–Kier alpha value is -2.63. The van der Waals surface area contributed by atoms with Crippen LogP contribution in [-0.4, -0.2) is 20.5 Å². The predicted molar refractivity (Wildman–Crippen MR) is 74.7 cm³/mol. The molecule has 21 heavy (non-hydrogen) atoms. The van der Waals surface area contributed by atoms with Crippen LogP contribution in [0.4, 0.5) is 0 Å². The van der Waals surface area contributed by atoms with E-state index in [1.54, 1.807) is 30.7 Å². The molecule has 3 heterocycles. The molecular weight excluding hydrogens is 270 g/mol. The Balaban J connectivity index is 1.57. The molecule has 0 fully saturated rings. The molecule has 0 aliphatic heterocycles. The zero-order valence-electron chi connectivity index (χ0n) is 11.7. The molecule has 0 saturated heterocycles. The summed E-state index contributed by atoms with van der Waals surface area (Å²) in [5, 5.41) is 3.80. The lowest BCUT2D eigenvalue weighted by molar-refractivity contribution is 0.0969. The van der Waals surface area contributed by atoms with Crippen LogP contribution in [-0.2, 0) is 6.54 Å². The van der Waals surface area contributed by atoms with E-state index in [9.17, 15) is 4.79 Å². The van der Waals surface area contributed by atoms with Gasteiger partial charge in [-0.2, -0.15) is 0 Å². The summed E-state index contributed by atoms with van der Waals surface area (Å²) in [6.07, 6.45) is 6.36. The van der Waals surface area contributed by atoms with E-state index in [2.05, 4.69) is 10.1 Å². The van der Waals surface area contributed by atoms with Crippen LogP contribution in [0.3, 0.4) is 0 Å². The van der Waals surface area contributed by atoms with Crippen LogP contribution >= 0.6 is 0 Å². The topological polar surface area (TPSA) is 74.1 Å². The van der Waals surface area contributed by atoms with Gasteiger partial charge in [0.2, 0.25) is 5.76 Å². The minimum absolute atomic E-state index is 0.0330. The maximum atomic E-state index is 12.1. The molecule has 0 radical (unpaired) electrons. The fraction of sp³-hybridized carbons (Fsp3) is 0.267. The van der Waals surface area contributed by atoms with Gasteiger partial charge in [0.1, 0.15) is 11.5 Å². The molecule has 0 bridgehead atoms. The summed E-state index contributed by atoms with van der Waals surface area (Å²) < 4.78 is 12.3. The van der Waals surface area contributed by atoms with E-state index in [0.29, 0.717) is 23.6 Å². The second kappa shape index (κ2) is 5.78. The minimum atomic E-state index is -0.0330. The Morgan fingerprint density at radius 3 is 3.00 bits per heavy atom. The minimum Gasteiger partial charge on any atom is -0.461 e. The van der Waals surface area contributed by atoms with Gasteiger partial charge in [-0.05, 0) is 25.5 Å². The van der Waals surface area contributed by atoms with E-state index in [-0.39, 0.29) is 5.78 Å². The van der Waals surface area contributed by atoms with Gasteiger partial charge in [0.05, 0.1) is 6.26 Å². The number of rotatable bonds is 6. The largest absolute Gasteiger partial charge is 0.461 e. The molecule has 6 nitrogen and oxygen atoms in total. The lowest BCUT2D eigenvalue weighted by atomic mass is 10.1. The van der Waals surface area contributed by atoms with Crippen molar-refractivity contribution in [2.24, 2.45) is 0 Å². The Kier molecular flexibility index (Phi) is 3.68. The van der Waals surface area contributed by atoms with Gasteiger partial charge in [0.25, 0.3) is 0 Å². The number of aromatic nitrogens is 3. The molecule has 108 valence electrons. The summed E-state index contributed by atoms with van der Waals surface area (Å²) in [4.78, 5) is 16.2. The van der Waals surface area contributed by atoms with Gasteiger partial charge in [-0.15, -0.1) is 0 Å². The molecular formula is C15H15N3O3. The first-order chi connectivity index (χ1) is 10.2. The number of Topliss-reactive ketones (excluding diaryl/α,β-unsaturated/α-hetero) is 1. The maximum absolute atomic E-state index is 12.1. The van der Waals surface area contributed by atoms with Crippen molar-refractivity contribution in [3.8, 4) is 11.5 Å². The van der Waals surface area contributed by atoms with Crippen LogP contribution in [0, 0.1) is 6.92 Å².